The van der Waals surface area contributed by atoms with Crippen molar-refractivity contribution < 1.29 is 4.42 Å². The van der Waals surface area contributed by atoms with Crippen LogP contribution in [0.25, 0.3) is 17.0 Å². The van der Waals surface area contributed by atoms with Crippen molar-refractivity contribution in [2.45, 2.75) is 20.4 Å². The van der Waals surface area contributed by atoms with E-state index in [9.17, 15) is 9.59 Å². The van der Waals surface area contributed by atoms with Gasteiger partial charge in [0.2, 0.25) is 0 Å². The van der Waals surface area contributed by atoms with Crippen LogP contribution in [0.2, 0.25) is 0 Å². The summed E-state index contributed by atoms with van der Waals surface area (Å²) >= 11 is 0. The van der Waals surface area contributed by atoms with Gasteiger partial charge in [0.1, 0.15) is 5.76 Å². The Bertz CT molecular complexity index is 878. The summed E-state index contributed by atoms with van der Waals surface area (Å²) in [5, 5.41) is 0. The minimum absolute atomic E-state index is 0.323. The number of rotatable bonds is 1. The fourth-order valence-corrected chi connectivity index (χ4v) is 2.14. The maximum absolute atomic E-state index is 12.3. The molecule has 3 rings (SSSR count). The normalized spacial score (nSPS) is 11.7. The van der Waals surface area contributed by atoms with Gasteiger partial charge in [-0.3, -0.25) is 18.3 Å². The summed E-state index contributed by atoms with van der Waals surface area (Å²) in [5.41, 5.74) is -0.00405. The van der Waals surface area contributed by atoms with Gasteiger partial charge >= 0.3 is 11.5 Å². The third kappa shape index (κ3) is 1.15. The highest BCUT2D eigenvalue weighted by molar-refractivity contribution is 5.74. The lowest BCUT2D eigenvalue weighted by Gasteiger charge is -2.04. The quantitative estimate of drug-likeness (QED) is 0.619. The molecule has 0 aliphatic heterocycles. The Kier molecular flexibility index (Phi) is 2.01. The smallest absolute Gasteiger partial charge is 0.332 e. The van der Waals surface area contributed by atoms with Crippen molar-refractivity contribution in [3.8, 4) is 0 Å². The van der Waals surface area contributed by atoms with E-state index in [1.807, 2.05) is 0 Å². The lowest BCUT2D eigenvalue weighted by molar-refractivity contribution is 0.563. The average molecular weight is 248 g/mol. The molecule has 0 fully saturated rings. The molecule has 0 saturated carbocycles. The zero-order valence-electron chi connectivity index (χ0n) is 10.3. The van der Waals surface area contributed by atoms with Gasteiger partial charge in [0.25, 0.3) is 5.56 Å². The summed E-state index contributed by atoms with van der Waals surface area (Å²) in [5.74, 6) is 0.985. The maximum Gasteiger partial charge on any atom is 0.332 e. The van der Waals surface area contributed by atoms with Gasteiger partial charge in [-0.15, -0.1) is 0 Å². The molecule has 0 amide bonds. The summed E-state index contributed by atoms with van der Waals surface area (Å²) in [7, 11) is 1.59. The molecule has 3 heterocycles. The predicted octanol–water partition coefficient (Wildman–Crippen LogP) is 0.269. The van der Waals surface area contributed by atoms with Crippen LogP contribution in [-0.2, 0) is 13.6 Å². The molecule has 0 bridgehead atoms. The minimum atomic E-state index is -0.368. The first-order valence-electron chi connectivity index (χ1n) is 5.62. The van der Waals surface area contributed by atoms with Gasteiger partial charge in [-0.05, 0) is 13.8 Å². The van der Waals surface area contributed by atoms with Crippen molar-refractivity contribution in [3.63, 3.8) is 0 Å². The summed E-state index contributed by atoms with van der Waals surface area (Å²) in [4.78, 5) is 28.4. The van der Waals surface area contributed by atoms with E-state index >= 15 is 0 Å². The van der Waals surface area contributed by atoms with Gasteiger partial charge in [-0.2, -0.15) is 4.98 Å². The van der Waals surface area contributed by atoms with Gasteiger partial charge in [0.05, 0.1) is 6.20 Å². The first kappa shape index (κ1) is 10.8. The number of fused-ring (bicyclic) bond motifs is 3. The molecule has 0 spiro atoms. The monoisotopic (exact) mass is 248 g/mol. The van der Waals surface area contributed by atoms with Crippen LogP contribution in [0.15, 0.2) is 20.2 Å². The second-order valence-electron chi connectivity index (χ2n) is 4.17. The van der Waals surface area contributed by atoms with E-state index in [2.05, 4.69) is 4.98 Å². The molecule has 0 atom stereocenters. The minimum Gasteiger partial charge on any atom is -0.428 e. The fraction of sp³-hybridized carbons (Fsp3) is 0.364. The Morgan fingerprint density at radius 3 is 2.78 bits per heavy atom. The van der Waals surface area contributed by atoms with Crippen LogP contribution in [0.3, 0.4) is 0 Å². The van der Waals surface area contributed by atoms with E-state index < -0.39 is 0 Å². The van der Waals surface area contributed by atoms with E-state index in [0.717, 1.165) is 0 Å². The molecule has 3 aromatic rings. The highest BCUT2D eigenvalue weighted by Crippen LogP contribution is 2.14. The zero-order valence-corrected chi connectivity index (χ0v) is 10.3. The summed E-state index contributed by atoms with van der Waals surface area (Å²) < 4.78 is 9.49. The molecule has 7 heteroatoms. The number of aryl methyl sites for hydroxylation is 2. The molecule has 0 radical (unpaired) electrons. The average Bonchev–Trinajstić information content (AvgIpc) is 2.82. The molecule has 0 aliphatic rings. The van der Waals surface area contributed by atoms with Crippen LogP contribution >= 0.6 is 0 Å². The summed E-state index contributed by atoms with van der Waals surface area (Å²) in [6.07, 6.45) is 1.69. The van der Waals surface area contributed by atoms with Crippen molar-refractivity contribution in [1.29, 1.82) is 0 Å². The number of hydrogen-bond donors (Lipinski definition) is 0. The number of nitrogens with zero attached hydrogens (tertiary/aromatic N) is 4. The van der Waals surface area contributed by atoms with E-state index in [4.69, 9.17) is 4.42 Å². The Morgan fingerprint density at radius 1 is 1.39 bits per heavy atom. The van der Waals surface area contributed by atoms with Gasteiger partial charge in [-0.25, -0.2) is 4.79 Å². The summed E-state index contributed by atoms with van der Waals surface area (Å²) in [6.45, 7) is 3.86. The molecule has 18 heavy (non-hydrogen) atoms. The van der Waals surface area contributed by atoms with Crippen LogP contribution in [-0.4, -0.2) is 18.5 Å². The number of oxazole rings is 1. The maximum atomic E-state index is 12.3. The van der Waals surface area contributed by atoms with Crippen LogP contribution in [0.5, 0.6) is 0 Å². The zero-order chi connectivity index (χ0) is 13.0. The third-order valence-electron chi connectivity index (χ3n) is 3.02. The Hall–Kier alpha value is -2.31. The molecule has 7 nitrogen and oxygen atoms in total. The van der Waals surface area contributed by atoms with E-state index in [1.54, 1.807) is 31.5 Å². The highest BCUT2D eigenvalue weighted by atomic mass is 16.4. The largest absolute Gasteiger partial charge is 0.428 e. The molecule has 0 unspecified atom stereocenters. The fourth-order valence-electron chi connectivity index (χ4n) is 2.14. The number of imidazole rings is 1. The molecule has 94 valence electrons. The lowest BCUT2D eigenvalue weighted by Crippen LogP contribution is -2.38. The van der Waals surface area contributed by atoms with E-state index in [0.29, 0.717) is 29.3 Å². The second kappa shape index (κ2) is 3.34. The van der Waals surface area contributed by atoms with Crippen LogP contribution < -0.4 is 11.2 Å². The van der Waals surface area contributed by atoms with Crippen LogP contribution in [0, 0.1) is 6.92 Å². The van der Waals surface area contributed by atoms with Crippen LogP contribution in [0.1, 0.15) is 12.7 Å². The highest BCUT2D eigenvalue weighted by Gasteiger charge is 2.17. The molecular formula is C11H12N4O3. The van der Waals surface area contributed by atoms with Crippen molar-refractivity contribution >= 4 is 17.0 Å². The van der Waals surface area contributed by atoms with Gasteiger partial charge in [0, 0.05) is 13.6 Å². The number of hydrogen-bond acceptors (Lipinski definition) is 4. The Morgan fingerprint density at radius 2 is 2.11 bits per heavy atom. The van der Waals surface area contributed by atoms with Gasteiger partial charge in [0.15, 0.2) is 11.2 Å². The molecule has 0 saturated heterocycles. The van der Waals surface area contributed by atoms with E-state index in [-0.39, 0.29) is 11.2 Å². The molecule has 0 aliphatic carbocycles. The summed E-state index contributed by atoms with van der Waals surface area (Å²) in [6, 6.07) is 0. The molecule has 0 aromatic carbocycles. The van der Waals surface area contributed by atoms with Crippen LogP contribution in [0.4, 0.5) is 0 Å². The van der Waals surface area contributed by atoms with Crippen molar-refractivity contribution in [3.05, 3.63) is 32.8 Å². The second-order valence-corrected chi connectivity index (χ2v) is 4.17. The van der Waals surface area contributed by atoms with Crippen molar-refractivity contribution in [2.24, 2.45) is 7.05 Å². The van der Waals surface area contributed by atoms with Gasteiger partial charge < -0.3 is 4.42 Å². The molecular weight excluding hydrogens is 236 g/mol. The van der Waals surface area contributed by atoms with E-state index in [1.165, 1.54) is 9.13 Å². The standard InChI is InChI=1S/C11H12N4O3/c1-4-14-9(16)7-8(13(3)11(14)17)12-10-15(7)5-6(2)18-10/h5H,4H2,1-3H3. The van der Waals surface area contributed by atoms with Crippen molar-refractivity contribution in [2.75, 3.05) is 0 Å². The third-order valence-corrected chi connectivity index (χ3v) is 3.02. The lowest BCUT2D eigenvalue weighted by atomic mass is 10.5. The molecule has 0 N–H and O–H groups in total. The molecule has 3 aromatic heterocycles. The topological polar surface area (TPSA) is 74.4 Å². The first-order chi connectivity index (χ1) is 8.54. The Balaban J connectivity index is 2.67. The first-order valence-corrected chi connectivity index (χ1v) is 5.62. The SMILES string of the molecule is CCn1c(=O)c2c(nc3oc(C)cn32)n(C)c1=O. The predicted molar refractivity (Wildman–Crippen MR) is 64.9 cm³/mol. The number of aromatic nitrogens is 4. The Labute approximate surface area is 101 Å². The van der Waals surface area contributed by atoms with Crippen molar-refractivity contribution in [1.82, 2.24) is 18.5 Å². The van der Waals surface area contributed by atoms with Gasteiger partial charge in [-0.1, -0.05) is 0 Å².